The van der Waals surface area contributed by atoms with Crippen LogP contribution in [0.5, 0.6) is 0 Å². The normalized spacial score (nSPS) is 17.0. The van der Waals surface area contributed by atoms with Gasteiger partial charge in [-0.2, -0.15) is 0 Å². The van der Waals surface area contributed by atoms with Crippen LogP contribution in [-0.4, -0.2) is 39.1 Å². The first kappa shape index (κ1) is 17.5. The van der Waals surface area contributed by atoms with Gasteiger partial charge in [-0.15, -0.1) is 0 Å². The van der Waals surface area contributed by atoms with Crippen LogP contribution >= 0.6 is 0 Å². The summed E-state index contributed by atoms with van der Waals surface area (Å²) in [5.74, 6) is 0. The summed E-state index contributed by atoms with van der Waals surface area (Å²) in [7, 11) is 0. The van der Waals surface area contributed by atoms with Crippen molar-refractivity contribution in [2.75, 3.05) is 13.3 Å². The lowest BCUT2D eigenvalue weighted by Crippen LogP contribution is -2.44. The van der Waals surface area contributed by atoms with Crippen molar-refractivity contribution >= 4 is 0 Å². The van der Waals surface area contributed by atoms with E-state index in [-0.39, 0.29) is 0 Å². The van der Waals surface area contributed by atoms with Gasteiger partial charge in [0, 0.05) is 24.8 Å². The lowest BCUT2D eigenvalue weighted by atomic mass is 10.1. The largest absolute Gasteiger partial charge is 0.338 e. The fraction of sp³-hybridized carbons (Fsp3) is 0.579. The second-order valence-electron chi connectivity index (χ2n) is 6.34. The summed E-state index contributed by atoms with van der Waals surface area (Å²) < 4.78 is 0. The van der Waals surface area contributed by atoms with Gasteiger partial charge in [-0.3, -0.25) is 0 Å². The Balaban J connectivity index is 1.85. The molecule has 0 aromatic rings. The molecule has 0 unspecified atom stereocenters. The highest BCUT2D eigenvalue weighted by Gasteiger charge is 2.26. The van der Waals surface area contributed by atoms with E-state index in [2.05, 4.69) is 64.5 Å². The quantitative estimate of drug-likeness (QED) is 0.522. The fourth-order valence-electron chi connectivity index (χ4n) is 3.16. The van der Waals surface area contributed by atoms with E-state index in [4.69, 9.17) is 0 Å². The van der Waals surface area contributed by atoms with E-state index in [0.29, 0.717) is 6.17 Å². The van der Waals surface area contributed by atoms with Gasteiger partial charge in [0.15, 0.2) is 0 Å². The third-order valence-corrected chi connectivity index (χ3v) is 4.60. The van der Waals surface area contributed by atoms with Crippen molar-refractivity contribution in [3.63, 3.8) is 0 Å². The van der Waals surface area contributed by atoms with Crippen molar-refractivity contribution in [3.8, 4) is 0 Å². The molecular weight excluding hydrogens is 284 g/mol. The minimum Gasteiger partial charge on any atom is -0.338 e. The first-order valence-corrected chi connectivity index (χ1v) is 8.93. The van der Waals surface area contributed by atoms with Gasteiger partial charge in [0.05, 0.1) is 13.3 Å². The second-order valence-corrected chi connectivity index (χ2v) is 6.34. The molecule has 2 heterocycles. The molecule has 2 aliphatic heterocycles. The Labute approximate surface area is 142 Å². The first-order chi connectivity index (χ1) is 11.3. The molecule has 4 nitrogen and oxygen atoms in total. The molecular formula is C19H32N4. The van der Waals surface area contributed by atoms with E-state index in [1.165, 1.54) is 44.9 Å². The van der Waals surface area contributed by atoms with Gasteiger partial charge in [-0.25, -0.2) is 0 Å². The average Bonchev–Trinajstić information content (AvgIpc) is 3.23. The van der Waals surface area contributed by atoms with Crippen molar-refractivity contribution in [2.24, 2.45) is 0 Å². The maximum absolute atomic E-state index is 3.86. The summed E-state index contributed by atoms with van der Waals surface area (Å²) in [5.41, 5.74) is 0. The predicted octanol–water partition coefficient (Wildman–Crippen LogP) is 4.44. The highest BCUT2D eigenvalue weighted by atomic mass is 15.5. The van der Waals surface area contributed by atoms with Crippen LogP contribution < -0.4 is 0 Å². The Hall–Kier alpha value is -1.84. The summed E-state index contributed by atoms with van der Waals surface area (Å²) in [4.78, 5) is 9.06. The summed E-state index contributed by atoms with van der Waals surface area (Å²) in [5, 5.41) is 0. The van der Waals surface area contributed by atoms with Crippen molar-refractivity contribution in [3.05, 3.63) is 50.4 Å². The molecule has 23 heavy (non-hydrogen) atoms. The monoisotopic (exact) mass is 316 g/mol. The van der Waals surface area contributed by atoms with Crippen LogP contribution in [0.4, 0.5) is 0 Å². The first-order valence-electron chi connectivity index (χ1n) is 8.93. The van der Waals surface area contributed by atoms with Crippen LogP contribution in [0.2, 0.25) is 0 Å². The van der Waals surface area contributed by atoms with Crippen molar-refractivity contribution in [1.29, 1.82) is 0 Å². The van der Waals surface area contributed by atoms with Gasteiger partial charge < -0.3 is 19.6 Å². The summed E-state index contributed by atoms with van der Waals surface area (Å²) in [6, 6.07) is 0. The van der Waals surface area contributed by atoms with Crippen molar-refractivity contribution in [2.45, 2.75) is 58.0 Å². The molecule has 0 N–H and O–H groups in total. The third-order valence-electron chi connectivity index (χ3n) is 4.60. The predicted molar refractivity (Wildman–Crippen MR) is 97.5 cm³/mol. The van der Waals surface area contributed by atoms with Crippen LogP contribution in [0, 0.1) is 0 Å². The molecule has 2 aliphatic rings. The molecule has 0 spiro atoms. The zero-order valence-electron chi connectivity index (χ0n) is 14.6. The van der Waals surface area contributed by atoms with Crippen LogP contribution in [0.15, 0.2) is 50.4 Å². The average molecular weight is 316 g/mol. The summed E-state index contributed by atoms with van der Waals surface area (Å²) in [6.45, 7) is 11.8. The smallest absolute Gasteiger partial charge is 0.104 e. The van der Waals surface area contributed by atoms with Crippen molar-refractivity contribution < 1.29 is 0 Å². The van der Waals surface area contributed by atoms with Crippen LogP contribution in [0.25, 0.3) is 0 Å². The molecule has 0 saturated heterocycles. The van der Waals surface area contributed by atoms with E-state index in [1.807, 2.05) is 12.4 Å². The molecule has 0 amide bonds. The topological polar surface area (TPSA) is 13.0 Å². The van der Waals surface area contributed by atoms with E-state index in [0.717, 1.165) is 13.3 Å². The molecule has 0 aromatic heterocycles. The zero-order valence-corrected chi connectivity index (χ0v) is 14.6. The Morgan fingerprint density at radius 2 is 1.35 bits per heavy atom. The molecule has 0 saturated carbocycles. The lowest BCUT2D eigenvalue weighted by molar-refractivity contribution is 0.0876. The number of unbranched alkanes of at least 4 members (excludes halogenated alkanes) is 5. The number of hydrogen-bond acceptors (Lipinski definition) is 4. The maximum atomic E-state index is 3.86. The summed E-state index contributed by atoms with van der Waals surface area (Å²) in [6.07, 6.45) is 22.0. The minimum absolute atomic E-state index is 0.406. The van der Waals surface area contributed by atoms with E-state index in [9.17, 15) is 0 Å². The Morgan fingerprint density at radius 1 is 0.826 bits per heavy atom. The molecule has 0 radical (unpaired) electrons. The lowest BCUT2D eigenvalue weighted by Gasteiger charge is -2.36. The van der Waals surface area contributed by atoms with Gasteiger partial charge in [-0.05, 0) is 25.2 Å². The molecule has 0 fully saturated rings. The fourth-order valence-corrected chi connectivity index (χ4v) is 3.16. The second kappa shape index (κ2) is 9.33. The molecule has 128 valence electrons. The Bertz CT molecular complexity index is 397. The Kier molecular flexibility index (Phi) is 7.11. The van der Waals surface area contributed by atoms with Gasteiger partial charge in [0.25, 0.3) is 0 Å². The third kappa shape index (κ3) is 5.08. The van der Waals surface area contributed by atoms with E-state index < -0.39 is 0 Å². The van der Waals surface area contributed by atoms with Crippen molar-refractivity contribution in [1.82, 2.24) is 19.6 Å². The van der Waals surface area contributed by atoms with Gasteiger partial charge in [0.2, 0.25) is 0 Å². The van der Waals surface area contributed by atoms with Crippen LogP contribution in [-0.2, 0) is 0 Å². The highest BCUT2D eigenvalue weighted by Crippen LogP contribution is 2.23. The molecule has 0 aliphatic carbocycles. The minimum atomic E-state index is 0.406. The zero-order chi connectivity index (χ0) is 16.5. The molecule has 0 atom stereocenters. The molecule has 4 heteroatoms. The van der Waals surface area contributed by atoms with Crippen LogP contribution in [0.1, 0.15) is 51.9 Å². The number of rotatable bonds is 11. The highest BCUT2D eigenvalue weighted by molar-refractivity contribution is 5.02. The maximum Gasteiger partial charge on any atom is 0.104 e. The van der Waals surface area contributed by atoms with E-state index >= 15 is 0 Å². The van der Waals surface area contributed by atoms with Gasteiger partial charge >= 0.3 is 0 Å². The number of hydrogen-bond donors (Lipinski definition) is 0. The van der Waals surface area contributed by atoms with Crippen LogP contribution in [0.3, 0.4) is 0 Å². The van der Waals surface area contributed by atoms with E-state index in [1.54, 1.807) is 0 Å². The van der Waals surface area contributed by atoms with Gasteiger partial charge in [-0.1, -0.05) is 52.2 Å². The summed E-state index contributed by atoms with van der Waals surface area (Å²) >= 11 is 0. The van der Waals surface area contributed by atoms with Gasteiger partial charge in [0.1, 0.15) is 6.17 Å². The SMILES string of the molecule is C=CN1C=CN(C(CCCCCCCC)N2C=CN(C=C)C2)C1. The number of nitrogens with zero attached hydrogens (tertiary/aromatic N) is 4. The Morgan fingerprint density at radius 3 is 1.83 bits per heavy atom. The standard InChI is InChI=1S/C19H32N4/c1-4-7-8-9-10-11-12-19(22-15-13-20(5-2)17-22)23-16-14-21(6-3)18-23/h5-6,13-16,19H,2-4,7-12,17-18H2,1H3. The molecule has 0 bridgehead atoms. The molecule has 0 aromatic carbocycles. The molecule has 2 rings (SSSR count).